The number of hydrogen-bond acceptors (Lipinski definition) is 3. The molecule has 0 fully saturated rings. The molecule has 0 atom stereocenters. The van der Waals surface area contributed by atoms with Crippen LogP contribution in [-0.2, 0) is 4.74 Å². The maximum Gasteiger partial charge on any atom is 0.136 e. The molecule has 15 heavy (non-hydrogen) atoms. The van der Waals surface area contributed by atoms with E-state index in [2.05, 4.69) is 34.8 Å². The summed E-state index contributed by atoms with van der Waals surface area (Å²) in [6.45, 7) is 6.21. The van der Waals surface area contributed by atoms with Gasteiger partial charge in [0.15, 0.2) is 0 Å². The molecule has 0 unspecified atom stereocenters. The van der Waals surface area contributed by atoms with Crippen molar-refractivity contribution in [2.24, 2.45) is 5.92 Å². The predicted octanol–water partition coefficient (Wildman–Crippen LogP) is 2.90. The van der Waals surface area contributed by atoms with Crippen LogP contribution in [0.5, 0.6) is 5.75 Å². The summed E-state index contributed by atoms with van der Waals surface area (Å²) in [6.07, 6.45) is 3.42. The summed E-state index contributed by atoms with van der Waals surface area (Å²) < 4.78 is 11.8. The number of hydrogen-bond donors (Lipinski definition) is 0. The highest BCUT2D eigenvalue weighted by Gasteiger charge is 1.99. The molecule has 3 nitrogen and oxygen atoms in total. The molecule has 0 bridgehead atoms. The van der Waals surface area contributed by atoms with Gasteiger partial charge in [0.25, 0.3) is 0 Å². The van der Waals surface area contributed by atoms with Crippen molar-refractivity contribution < 1.29 is 9.47 Å². The zero-order chi connectivity index (χ0) is 11.1. The summed E-state index contributed by atoms with van der Waals surface area (Å²) in [7, 11) is 0. The van der Waals surface area contributed by atoms with Crippen molar-refractivity contribution in [1.29, 1.82) is 0 Å². The second-order valence-corrected chi connectivity index (χ2v) is 4.48. The van der Waals surface area contributed by atoms with Gasteiger partial charge in [-0.15, -0.1) is 0 Å². The summed E-state index contributed by atoms with van der Waals surface area (Å²) in [6, 6.07) is 1.83. The Morgan fingerprint density at radius 2 is 2.20 bits per heavy atom. The van der Waals surface area contributed by atoms with Gasteiger partial charge in [-0.1, -0.05) is 13.8 Å². The van der Waals surface area contributed by atoms with Gasteiger partial charge in [0.1, 0.15) is 12.4 Å². The van der Waals surface area contributed by atoms with Crippen LogP contribution in [0.25, 0.3) is 0 Å². The van der Waals surface area contributed by atoms with Crippen LogP contribution >= 0.6 is 15.9 Å². The topological polar surface area (TPSA) is 31.4 Å². The van der Waals surface area contributed by atoms with Crippen LogP contribution in [0.3, 0.4) is 0 Å². The minimum absolute atomic E-state index is 0.565. The van der Waals surface area contributed by atoms with Crippen LogP contribution in [0.15, 0.2) is 22.9 Å². The van der Waals surface area contributed by atoms with Crippen molar-refractivity contribution in [3.8, 4) is 5.75 Å². The van der Waals surface area contributed by atoms with E-state index in [9.17, 15) is 0 Å². The first-order valence-corrected chi connectivity index (χ1v) is 5.79. The highest BCUT2D eigenvalue weighted by molar-refractivity contribution is 9.10. The van der Waals surface area contributed by atoms with E-state index < -0.39 is 0 Å². The minimum atomic E-state index is 0.565. The van der Waals surface area contributed by atoms with Gasteiger partial charge in [-0.05, 0) is 27.9 Å². The first kappa shape index (κ1) is 12.5. The lowest BCUT2D eigenvalue weighted by Gasteiger charge is -2.09. The normalized spacial score (nSPS) is 10.7. The highest BCUT2D eigenvalue weighted by atomic mass is 79.9. The largest absolute Gasteiger partial charge is 0.490 e. The quantitative estimate of drug-likeness (QED) is 0.747. The molecule has 0 amide bonds. The fourth-order valence-corrected chi connectivity index (χ4v) is 1.37. The Balaban J connectivity index is 2.18. The third-order valence-corrected chi connectivity index (χ3v) is 2.27. The maximum absolute atomic E-state index is 5.51. The molecule has 1 aromatic heterocycles. The number of aromatic nitrogens is 1. The lowest BCUT2D eigenvalue weighted by molar-refractivity contribution is 0.0816. The standard InChI is InChI=1S/C11H16BrNO2/c1-9(2)8-14-5-6-15-11-3-4-13-7-10(11)12/h3-4,7,9H,5-6,8H2,1-2H3. The molecular weight excluding hydrogens is 258 g/mol. The fourth-order valence-electron chi connectivity index (χ4n) is 1.01. The summed E-state index contributed by atoms with van der Waals surface area (Å²) in [5.41, 5.74) is 0. The third-order valence-electron chi connectivity index (χ3n) is 1.67. The van der Waals surface area contributed by atoms with E-state index in [0.29, 0.717) is 19.1 Å². The fraction of sp³-hybridized carbons (Fsp3) is 0.545. The second-order valence-electron chi connectivity index (χ2n) is 3.62. The van der Waals surface area contributed by atoms with Crippen LogP contribution in [0.1, 0.15) is 13.8 Å². The molecule has 0 aliphatic carbocycles. The Morgan fingerprint density at radius 1 is 1.40 bits per heavy atom. The monoisotopic (exact) mass is 273 g/mol. The lowest BCUT2D eigenvalue weighted by atomic mass is 10.2. The van der Waals surface area contributed by atoms with E-state index >= 15 is 0 Å². The minimum Gasteiger partial charge on any atom is -0.490 e. The number of pyridine rings is 1. The van der Waals surface area contributed by atoms with E-state index in [1.807, 2.05) is 6.07 Å². The van der Waals surface area contributed by atoms with Crippen molar-refractivity contribution in [2.75, 3.05) is 19.8 Å². The van der Waals surface area contributed by atoms with Gasteiger partial charge in [-0.3, -0.25) is 4.98 Å². The Bertz CT molecular complexity index is 292. The van der Waals surface area contributed by atoms with Crippen LogP contribution in [0.4, 0.5) is 0 Å². The van der Waals surface area contributed by atoms with Crippen molar-refractivity contribution in [2.45, 2.75) is 13.8 Å². The van der Waals surface area contributed by atoms with Crippen molar-refractivity contribution in [3.05, 3.63) is 22.9 Å². The molecule has 84 valence electrons. The molecule has 4 heteroatoms. The van der Waals surface area contributed by atoms with Crippen molar-refractivity contribution in [1.82, 2.24) is 4.98 Å². The summed E-state index contributed by atoms with van der Waals surface area (Å²) in [5.74, 6) is 1.37. The molecule has 1 rings (SSSR count). The van der Waals surface area contributed by atoms with Gasteiger partial charge in [0.2, 0.25) is 0 Å². The van der Waals surface area contributed by atoms with Crippen LogP contribution < -0.4 is 4.74 Å². The third kappa shape index (κ3) is 5.14. The molecule has 1 aromatic rings. The van der Waals surface area contributed by atoms with E-state index in [1.54, 1.807) is 12.4 Å². The Hall–Kier alpha value is -0.610. The lowest BCUT2D eigenvalue weighted by Crippen LogP contribution is -2.10. The zero-order valence-corrected chi connectivity index (χ0v) is 10.7. The van der Waals surface area contributed by atoms with E-state index in [4.69, 9.17) is 9.47 Å². The van der Waals surface area contributed by atoms with E-state index in [-0.39, 0.29) is 0 Å². The molecule has 0 spiro atoms. The van der Waals surface area contributed by atoms with E-state index in [1.165, 1.54) is 0 Å². The van der Waals surface area contributed by atoms with Gasteiger partial charge in [0.05, 0.1) is 11.1 Å². The van der Waals surface area contributed by atoms with Gasteiger partial charge in [-0.2, -0.15) is 0 Å². The SMILES string of the molecule is CC(C)COCCOc1ccncc1Br. The van der Waals surface area contributed by atoms with Crippen LogP contribution in [-0.4, -0.2) is 24.8 Å². The smallest absolute Gasteiger partial charge is 0.136 e. The first-order valence-electron chi connectivity index (χ1n) is 5.00. The summed E-state index contributed by atoms with van der Waals surface area (Å²) in [4.78, 5) is 3.95. The Kier molecular flexibility index (Phi) is 5.65. The summed E-state index contributed by atoms with van der Waals surface area (Å²) >= 11 is 3.36. The molecule has 1 heterocycles. The number of nitrogens with zero attached hydrogens (tertiary/aromatic N) is 1. The second kappa shape index (κ2) is 6.80. The number of rotatable bonds is 6. The first-order chi connectivity index (χ1) is 7.20. The summed E-state index contributed by atoms with van der Waals surface area (Å²) in [5, 5.41) is 0. The average Bonchev–Trinajstić information content (AvgIpc) is 2.20. The molecule has 0 saturated heterocycles. The number of halogens is 1. The van der Waals surface area contributed by atoms with Gasteiger partial charge in [0, 0.05) is 19.0 Å². The zero-order valence-electron chi connectivity index (χ0n) is 9.07. The molecular formula is C11H16BrNO2. The van der Waals surface area contributed by atoms with Gasteiger partial charge in [-0.25, -0.2) is 0 Å². The van der Waals surface area contributed by atoms with Gasteiger partial charge < -0.3 is 9.47 Å². The Labute approximate surface area is 98.9 Å². The molecule has 0 aliphatic rings. The van der Waals surface area contributed by atoms with Gasteiger partial charge >= 0.3 is 0 Å². The molecule has 0 N–H and O–H groups in total. The van der Waals surface area contributed by atoms with E-state index in [0.717, 1.165) is 16.8 Å². The van der Waals surface area contributed by atoms with Crippen molar-refractivity contribution in [3.63, 3.8) is 0 Å². The molecule has 0 aromatic carbocycles. The number of ether oxygens (including phenoxy) is 2. The van der Waals surface area contributed by atoms with Crippen LogP contribution in [0, 0.1) is 5.92 Å². The Morgan fingerprint density at radius 3 is 2.87 bits per heavy atom. The molecule has 0 radical (unpaired) electrons. The highest BCUT2D eigenvalue weighted by Crippen LogP contribution is 2.22. The molecule has 0 aliphatic heterocycles. The predicted molar refractivity (Wildman–Crippen MR) is 63.1 cm³/mol. The maximum atomic E-state index is 5.51. The van der Waals surface area contributed by atoms with Crippen LogP contribution in [0.2, 0.25) is 0 Å². The average molecular weight is 274 g/mol. The molecule has 0 saturated carbocycles. The van der Waals surface area contributed by atoms with Crippen molar-refractivity contribution >= 4 is 15.9 Å².